The minimum Gasteiger partial charge on any atom is -0.469 e. The van der Waals surface area contributed by atoms with Crippen LogP contribution in [0.25, 0.3) is 0 Å². The molecule has 0 radical (unpaired) electrons. The molecule has 0 spiro atoms. The molecule has 120 valence electrons. The fraction of sp³-hybridized carbons (Fsp3) is 0.222. The van der Waals surface area contributed by atoms with Gasteiger partial charge in [0.1, 0.15) is 6.10 Å². The average molecular weight is 312 g/mol. The summed E-state index contributed by atoms with van der Waals surface area (Å²) in [5.41, 5.74) is 8.43. The third kappa shape index (κ3) is 4.40. The number of amides is 1. The number of hydrogen-bond donors (Lipinski definition) is 1. The van der Waals surface area contributed by atoms with Crippen molar-refractivity contribution >= 4 is 12.0 Å². The van der Waals surface area contributed by atoms with Gasteiger partial charge in [-0.25, -0.2) is 4.79 Å². The molecular weight excluding hydrogens is 292 g/mol. The molecule has 0 fully saturated rings. The van der Waals surface area contributed by atoms with Gasteiger partial charge in [-0.05, 0) is 30.2 Å². The molecular formula is C18H20N2O3. The molecule has 0 heterocycles. The molecule has 23 heavy (non-hydrogen) atoms. The molecule has 0 saturated heterocycles. The Morgan fingerprint density at radius 2 is 1.78 bits per heavy atom. The minimum absolute atomic E-state index is 0.219. The molecule has 0 aliphatic rings. The van der Waals surface area contributed by atoms with Gasteiger partial charge < -0.3 is 15.2 Å². The van der Waals surface area contributed by atoms with Crippen molar-refractivity contribution in [3.63, 3.8) is 0 Å². The van der Waals surface area contributed by atoms with E-state index in [-0.39, 0.29) is 12.0 Å². The maximum atomic E-state index is 11.5. The van der Waals surface area contributed by atoms with Crippen molar-refractivity contribution in [1.29, 1.82) is 0 Å². The van der Waals surface area contributed by atoms with Crippen LogP contribution in [0.5, 0.6) is 0 Å². The predicted octanol–water partition coefficient (Wildman–Crippen LogP) is 3.44. The van der Waals surface area contributed by atoms with Crippen molar-refractivity contribution in [2.75, 3.05) is 7.11 Å². The summed E-state index contributed by atoms with van der Waals surface area (Å²) in [5.74, 6) is 0.219. The molecule has 1 atom stereocenters. The maximum absolute atomic E-state index is 11.5. The SMILES string of the molecule is COC(=O)N=C(OC(C)c1ccccc1CN)c1ccccc1. The summed E-state index contributed by atoms with van der Waals surface area (Å²) < 4.78 is 10.5. The third-order valence-corrected chi connectivity index (χ3v) is 3.39. The van der Waals surface area contributed by atoms with E-state index in [2.05, 4.69) is 9.73 Å². The van der Waals surface area contributed by atoms with Crippen LogP contribution in [0.3, 0.4) is 0 Å². The van der Waals surface area contributed by atoms with Gasteiger partial charge in [0.25, 0.3) is 0 Å². The Kier molecular flexibility index (Phi) is 5.88. The van der Waals surface area contributed by atoms with Crippen LogP contribution in [0, 0.1) is 0 Å². The molecule has 2 aromatic carbocycles. The first-order valence-corrected chi connectivity index (χ1v) is 7.32. The number of ether oxygens (including phenoxy) is 2. The van der Waals surface area contributed by atoms with Crippen LogP contribution in [0.1, 0.15) is 29.7 Å². The van der Waals surface area contributed by atoms with Crippen LogP contribution in [-0.4, -0.2) is 19.1 Å². The number of methoxy groups -OCH3 is 1. The van der Waals surface area contributed by atoms with E-state index in [1.54, 1.807) is 0 Å². The van der Waals surface area contributed by atoms with E-state index in [0.29, 0.717) is 12.1 Å². The van der Waals surface area contributed by atoms with Crippen molar-refractivity contribution in [2.45, 2.75) is 19.6 Å². The fourth-order valence-electron chi connectivity index (χ4n) is 2.22. The highest BCUT2D eigenvalue weighted by atomic mass is 16.5. The fourth-order valence-corrected chi connectivity index (χ4v) is 2.22. The molecule has 0 aliphatic heterocycles. The number of carbonyl (C=O) groups excluding carboxylic acids is 1. The second-order valence-electron chi connectivity index (χ2n) is 4.92. The van der Waals surface area contributed by atoms with Gasteiger partial charge in [0.15, 0.2) is 0 Å². The first-order valence-electron chi connectivity index (χ1n) is 7.32. The summed E-state index contributed by atoms with van der Waals surface area (Å²) in [7, 11) is 1.28. The highest BCUT2D eigenvalue weighted by Crippen LogP contribution is 2.22. The monoisotopic (exact) mass is 312 g/mol. The lowest BCUT2D eigenvalue weighted by Crippen LogP contribution is -2.15. The lowest BCUT2D eigenvalue weighted by atomic mass is 10.0. The van der Waals surface area contributed by atoms with E-state index in [4.69, 9.17) is 10.5 Å². The Bertz CT molecular complexity index is 684. The van der Waals surface area contributed by atoms with Crippen molar-refractivity contribution in [1.82, 2.24) is 0 Å². The lowest BCUT2D eigenvalue weighted by Gasteiger charge is -2.19. The van der Waals surface area contributed by atoms with Crippen LogP contribution in [-0.2, 0) is 16.0 Å². The van der Waals surface area contributed by atoms with Gasteiger partial charge in [-0.3, -0.25) is 0 Å². The second kappa shape index (κ2) is 8.10. The van der Waals surface area contributed by atoms with E-state index >= 15 is 0 Å². The number of hydrogen-bond acceptors (Lipinski definition) is 4. The number of carbonyl (C=O) groups is 1. The Morgan fingerprint density at radius 3 is 2.43 bits per heavy atom. The smallest absolute Gasteiger partial charge is 0.436 e. The zero-order valence-electron chi connectivity index (χ0n) is 13.2. The van der Waals surface area contributed by atoms with Gasteiger partial charge in [-0.15, -0.1) is 4.99 Å². The Hall–Kier alpha value is -2.66. The van der Waals surface area contributed by atoms with Crippen LogP contribution < -0.4 is 5.73 Å². The van der Waals surface area contributed by atoms with E-state index in [9.17, 15) is 4.79 Å². The first-order chi connectivity index (χ1) is 11.2. The molecule has 0 aliphatic carbocycles. The lowest BCUT2D eigenvalue weighted by molar-refractivity contribution is 0.177. The molecule has 0 aromatic heterocycles. The minimum atomic E-state index is -0.705. The molecule has 0 saturated carbocycles. The van der Waals surface area contributed by atoms with Gasteiger partial charge in [0.2, 0.25) is 5.90 Å². The summed E-state index contributed by atoms with van der Waals surface area (Å²) >= 11 is 0. The van der Waals surface area contributed by atoms with Crippen molar-refractivity contribution in [3.05, 3.63) is 71.3 Å². The largest absolute Gasteiger partial charge is 0.469 e. The van der Waals surface area contributed by atoms with Crippen LogP contribution in [0.2, 0.25) is 0 Å². The number of nitrogens with zero attached hydrogens (tertiary/aromatic N) is 1. The zero-order chi connectivity index (χ0) is 16.7. The van der Waals surface area contributed by atoms with Crippen molar-refractivity contribution < 1.29 is 14.3 Å². The molecule has 2 N–H and O–H groups in total. The number of rotatable bonds is 4. The van der Waals surface area contributed by atoms with Crippen LogP contribution in [0.4, 0.5) is 4.79 Å². The molecule has 1 amide bonds. The van der Waals surface area contributed by atoms with Crippen molar-refractivity contribution in [2.24, 2.45) is 10.7 Å². The maximum Gasteiger partial charge on any atom is 0.436 e. The van der Waals surface area contributed by atoms with Crippen LogP contribution in [0.15, 0.2) is 59.6 Å². The topological polar surface area (TPSA) is 73.9 Å². The molecule has 5 nitrogen and oxygen atoms in total. The number of aliphatic imine (C=N–C) groups is 1. The summed E-state index contributed by atoms with van der Waals surface area (Å²) in [6, 6.07) is 17.0. The van der Waals surface area contributed by atoms with E-state index in [1.807, 2.05) is 61.5 Å². The van der Waals surface area contributed by atoms with Gasteiger partial charge in [0.05, 0.1) is 7.11 Å². The number of benzene rings is 2. The number of nitrogens with two attached hydrogens (primary N) is 1. The normalized spacial score (nSPS) is 12.6. The summed E-state index contributed by atoms with van der Waals surface area (Å²) in [5, 5.41) is 0. The molecule has 2 aromatic rings. The molecule has 0 bridgehead atoms. The van der Waals surface area contributed by atoms with Gasteiger partial charge in [0, 0.05) is 12.1 Å². The molecule has 2 rings (SSSR count). The van der Waals surface area contributed by atoms with Gasteiger partial charge >= 0.3 is 6.09 Å². The van der Waals surface area contributed by atoms with E-state index in [1.165, 1.54) is 7.11 Å². The Morgan fingerprint density at radius 1 is 1.13 bits per heavy atom. The standard InChI is InChI=1S/C18H20N2O3/c1-13(16-11-7-6-10-15(16)12-19)23-17(20-18(21)22-2)14-8-4-3-5-9-14/h3-11,13H,12,19H2,1-2H3. The third-order valence-electron chi connectivity index (χ3n) is 3.39. The highest BCUT2D eigenvalue weighted by Gasteiger charge is 2.16. The predicted molar refractivity (Wildman–Crippen MR) is 89.2 cm³/mol. The second-order valence-corrected chi connectivity index (χ2v) is 4.92. The van der Waals surface area contributed by atoms with Crippen LogP contribution >= 0.6 is 0 Å². The zero-order valence-corrected chi connectivity index (χ0v) is 13.2. The average Bonchev–Trinajstić information content (AvgIpc) is 2.61. The summed E-state index contributed by atoms with van der Waals surface area (Å²) in [4.78, 5) is 15.4. The Labute approximate surface area is 135 Å². The van der Waals surface area contributed by atoms with Gasteiger partial charge in [-0.2, -0.15) is 0 Å². The van der Waals surface area contributed by atoms with Gasteiger partial charge in [-0.1, -0.05) is 42.5 Å². The quantitative estimate of drug-likeness (QED) is 0.693. The molecule has 5 heteroatoms. The van der Waals surface area contributed by atoms with E-state index < -0.39 is 6.09 Å². The summed E-state index contributed by atoms with van der Waals surface area (Å²) in [6.45, 7) is 2.31. The van der Waals surface area contributed by atoms with Crippen molar-refractivity contribution in [3.8, 4) is 0 Å². The van der Waals surface area contributed by atoms with E-state index in [0.717, 1.165) is 11.1 Å². The Balaban J connectivity index is 2.31. The molecule has 1 unspecified atom stereocenters. The summed E-state index contributed by atoms with van der Waals surface area (Å²) in [6.07, 6.45) is -1.01. The first kappa shape index (κ1) is 16.7. The highest BCUT2D eigenvalue weighted by molar-refractivity contribution is 6.00.